The summed E-state index contributed by atoms with van der Waals surface area (Å²) in [4.78, 5) is 11.1. The molecule has 2 rings (SSSR count). The zero-order chi connectivity index (χ0) is 13.3. The van der Waals surface area contributed by atoms with Gasteiger partial charge in [0, 0.05) is 0 Å². The van der Waals surface area contributed by atoms with Crippen LogP contribution in [0.15, 0.2) is 36.4 Å². The van der Waals surface area contributed by atoms with Crippen molar-refractivity contribution in [2.45, 2.75) is 6.92 Å². The topological polar surface area (TPSA) is 37.3 Å². The minimum Gasteiger partial charge on any atom is -0.478 e. The predicted molar refractivity (Wildman–Crippen MR) is 63.5 cm³/mol. The molecule has 0 atom stereocenters. The van der Waals surface area contributed by atoms with Crippen LogP contribution in [0, 0.1) is 18.6 Å². The molecule has 0 aliphatic heterocycles. The molecule has 4 heteroatoms. The predicted octanol–water partition coefficient (Wildman–Crippen LogP) is 3.64. The Morgan fingerprint density at radius 3 is 2.11 bits per heavy atom. The Morgan fingerprint density at radius 2 is 1.56 bits per heavy atom. The van der Waals surface area contributed by atoms with Crippen LogP contribution in [0.2, 0.25) is 0 Å². The van der Waals surface area contributed by atoms with Crippen LogP contribution >= 0.6 is 0 Å². The van der Waals surface area contributed by atoms with Crippen LogP contribution in [0.25, 0.3) is 11.1 Å². The molecule has 0 heterocycles. The standard InChI is InChI=1S/C14H10F2O2/c1-8-6-9(15)2-4-11(8)12-5-3-10(16)7-13(12)14(17)18/h2-7H,1H3,(H,17,18). The van der Waals surface area contributed by atoms with Crippen LogP contribution < -0.4 is 0 Å². The van der Waals surface area contributed by atoms with Crippen LogP contribution in [0.4, 0.5) is 8.78 Å². The molecule has 0 bridgehead atoms. The van der Waals surface area contributed by atoms with Gasteiger partial charge < -0.3 is 5.11 Å². The molecule has 0 aromatic heterocycles. The normalized spacial score (nSPS) is 10.4. The van der Waals surface area contributed by atoms with E-state index < -0.39 is 17.6 Å². The Bertz CT molecular complexity index is 621. The van der Waals surface area contributed by atoms with E-state index in [1.165, 1.54) is 30.3 Å². The largest absolute Gasteiger partial charge is 0.478 e. The Kier molecular flexibility index (Phi) is 3.10. The molecule has 0 radical (unpaired) electrons. The van der Waals surface area contributed by atoms with Crippen molar-refractivity contribution < 1.29 is 18.7 Å². The molecule has 92 valence electrons. The summed E-state index contributed by atoms with van der Waals surface area (Å²) in [7, 11) is 0. The van der Waals surface area contributed by atoms with Crippen molar-refractivity contribution in [1.82, 2.24) is 0 Å². The number of benzene rings is 2. The van der Waals surface area contributed by atoms with Crippen LogP contribution in [-0.4, -0.2) is 11.1 Å². The molecule has 1 N–H and O–H groups in total. The summed E-state index contributed by atoms with van der Waals surface area (Å²) in [6.07, 6.45) is 0. The van der Waals surface area contributed by atoms with Crippen LogP contribution in [0.1, 0.15) is 15.9 Å². The highest BCUT2D eigenvalue weighted by Gasteiger charge is 2.14. The zero-order valence-electron chi connectivity index (χ0n) is 9.58. The van der Waals surface area contributed by atoms with Gasteiger partial charge in [0.05, 0.1) is 5.56 Å². The molecule has 0 saturated carbocycles. The fraction of sp³-hybridized carbons (Fsp3) is 0.0714. The lowest BCUT2D eigenvalue weighted by Crippen LogP contribution is -2.01. The van der Waals surface area contributed by atoms with Crippen molar-refractivity contribution in [1.29, 1.82) is 0 Å². The van der Waals surface area contributed by atoms with Crippen molar-refractivity contribution in [2.24, 2.45) is 0 Å². The van der Waals surface area contributed by atoms with Crippen LogP contribution in [-0.2, 0) is 0 Å². The minimum atomic E-state index is -1.21. The number of aryl methyl sites for hydroxylation is 1. The summed E-state index contributed by atoms with van der Waals surface area (Å²) in [5.41, 5.74) is 1.42. The minimum absolute atomic E-state index is 0.135. The monoisotopic (exact) mass is 248 g/mol. The van der Waals surface area contributed by atoms with Gasteiger partial charge in [0.15, 0.2) is 0 Å². The van der Waals surface area contributed by atoms with E-state index in [-0.39, 0.29) is 5.56 Å². The highest BCUT2D eigenvalue weighted by molar-refractivity contribution is 5.96. The number of carbonyl (C=O) groups is 1. The molecule has 0 aliphatic carbocycles. The highest BCUT2D eigenvalue weighted by atomic mass is 19.1. The average Bonchev–Trinajstić information content (AvgIpc) is 2.29. The lowest BCUT2D eigenvalue weighted by atomic mass is 9.96. The Labute approximate surface area is 103 Å². The van der Waals surface area contributed by atoms with Crippen LogP contribution in [0.5, 0.6) is 0 Å². The maximum absolute atomic E-state index is 13.1. The SMILES string of the molecule is Cc1cc(F)ccc1-c1ccc(F)cc1C(=O)O. The number of carboxylic acids is 1. The van der Waals surface area contributed by atoms with Crippen molar-refractivity contribution in [3.63, 3.8) is 0 Å². The molecule has 0 spiro atoms. The molecule has 0 amide bonds. The third-order valence-electron chi connectivity index (χ3n) is 2.69. The number of hydrogen-bond donors (Lipinski definition) is 1. The molecule has 0 saturated heterocycles. The van der Waals surface area contributed by atoms with Crippen molar-refractivity contribution in [3.8, 4) is 11.1 Å². The van der Waals surface area contributed by atoms with E-state index in [1.54, 1.807) is 6.92 Å². The van der Waals surface area contributed by atoms with Gasteiger partial charge in [-0.25, -0.2) is 13.6 Å². The molecule has 0 fully saturated rings. The second-order valence-electron chi connectivity index (χ2n) is 3.95. The summed E-state index contributed by atoms with van der Waals surface area (Å²) in [6.45, 7) is 1.67. The maximum atomic E-state index is 13.1. The quantitative estimate of drug-likeness (QED) is 0.880. The number of carboxylic acid groups (broad SMARTS) is 1. The zero-order valence-corrected chi connectivity index (χ0v) is 9.58. The van der Waals surface area contributed by atoms with Gasteiger partial charge in [-0.3, -0.25) is 0 Å². The third kappa shape index (κ3) is 2.22. The molecule has 0 aliphatic rings. The molecule has 2 aromatic rings. The average molecular weight is 248 g/mol. The van der Waals surface area contributed by atoms with Gasteiger partial charge in [0.2, 0.25) is 0 Å². The van der Waals surface area contributed by atoms with E-state index in [0.29, 0.717) is 16.7 Å². The van der Waals surface area contributed by atoms with E-state index in [4.69, 9.17) is 5.11 Å². The lowest BCUT2D eigenvalue weighted by molar-refractivity contribution is 0.0697. The first-order chi connectivity index (χ1) is 8.49. The molecular formula is C14H10F2O2. The molecule has 18 heavy (non-hydrogen) atoms. The summed E-state index contributed by atoms with van der Waals surface area (Å²) >= 11 is 0. The third-order valence-corrected chi connectivity index (χ3v) is 2.69. The van der Waals surface area contributed by atoms with Crippen LogP contribution in [0.3, 0.4) is 0 Å². The maximum Gasteiger partial charge on any atom is 0.336 e. The van der Waals surface area contributed by atoms with E-state index >= 15 is 0 Å². The molecular weight excluding hydrogens is 238 g/mol. The van der Waals surface area contributed by atoms with Gasteiger partial charge in [-0.05, 0) is 47.9 Å². The van der Waals surface area contributed by atoms with Gasteiger partial charge in [0.1, 0.15) is 11.6 Å². The van der Waals surface area contributed by atoms with Gasteiger partial charge in [-0.2, -0.15) is 0 Å². The summed E-state index contributed by atoms with van der Waals surface area (Å²) < 4.78 is 26.1. The van der Waals surface area contributed by atoms with Crippen molar-refractivity contribution in [3.05, 3.63) is 59.2 Å². The van der Waals surface area contributed by atoms with E-state index in [9.17, 15) is 13.6 Å². The molecule has 2 nitrogen and oxygen atoms in total. The number of halogens is 2. The van der Waals surface area contributed by atoms with Gasteiger partial charge in [0.25, 0.3) is 0 Å². The smallest absolute Gasteiger partial charge is 0.336 e. The molecule has 2 aromatic carbocycles. The second kappa shape index (κ2) is 4.56. The first-order valence-corrected chi connectivity index (χ1v) is 5.28. The number of aromatic carboxylic acids is 1. The summed E-state index contributed by atoms with van der Waals surface area (Å²) in [5, 5.41) is 9.06. The van der Waals surface area contributed by atoms with Crippen molar-refractivity contribution in [2.75, 3.05) is 0 Å². The fourth-order valence-electron chi connectivity index (χ4n) is 1.86. The lowest BCUT2D eigenvalue weighted by Gasteiger charge is -2.09. The first-order valence-electron chi connectivity index (χ1n) is 5.28. The Balaban J connectivity index is 2.67. The summed E-state index contributed by atoms with van der Waals surface area (Å²) in [6, 6.07) is 7.58. The number of hydrogen-bond acceptors (Lipinski definition) is 1. The number of rotatable bonds is 2. The fourth-order valence-corrected chi connectivity index (χ4v) is 1.86. The summed E-state index contributed by atoms with van der Waals surface area (Å²) in [5.74, 6) is -2.22. The Morgan fingerprint density at radius 1 is 1.00 bits per heavy atom. The van der Waals surface area contributed by atoms with E-state index in [1.807, 2.05) is 0 Å². The van der Waals surface area contributed by atoms with E-state index in [0.717, 1.165) is 6.07 Å². The van der Waals surface area contributed by atoms with E-state index in [2.05, 4.69) is 0 Å². The first kappa shape index (κ1) is 12.2. The second-order valence-corrected chi connectivity index (χ2v) is 3.95. The van der Waals surface area contributed by atoms with Gasteiger partial charge >= 0.3 is 5.97 Å². The van der Waals surface area contributed by atoms with Gasteiger partial charge in [-0.1, -0.05) is 12.1 Å². The molecule has 0 unspecified atom stereocenters. The van der Waals surface area contributed by atoms with Gasteiger partial charge in [-0.15, -0.1) is 0 Å². The van der Waals surface area contributed by atoms with Crippen molar-refractivity contribution >= 4 is 5.97 Å². The Hall–Kier alpha value is -2.23. The highest BCUT2D eigenvalue weighted by Crippen LogP contribution is 2.28.